The number of nitrogens with one attached hydrogen (secondary N) is 14. The number of carboxylic acid groups (broad SMARTS) is 1. The number of guanidine groups is 1. The lowest BCUT2D eigenvalue weighted by Crippen LogP contribution is -2.64. The molecule has 23 amide bonds. The fourth-order valence-corrected chi connectivity index (χ4v) is 11.6. The number of nitrogens with two attached hydrogens (primary N) is 13. The summed E-state index contributed by atoms with van der Waals surface area (Å²) in [6.07, 6.45) is -18.7. The maximum atomic E-state index is 14.5. The van der Waals surface area contributed by atoms with Crippen molar-refractivity contribution in [3.05, 3.63) is 11.8 Å². The zero-order chi connectivity index (χ0) is 95.2. The van der Waals surface area contributed by atoms with Gasteiger partial charge >= 0.3 is 5.97 Å². The summed E-state index contributed by atoms with van der Waals surface area (Å²) in [6.45, 7) is -0.787. The van der Waals surface area contributed by atoms with Crippen molar-refractivity contribution in [2.24, 2.45) is 74.5 Å². The molecule has 43 N–H and O–H groups in total. The van der Waals surface area contributed by atoms with Crippen molar-refractivity contribution in [1.29, 1.82) is 5.41 Å². The highest BCUT2D eigenvalue weighted by Crippen LogP contribution is 2.25. The number of aliphatic hydroxyl groups excluding tert-OH is 2. The summed E-state index contributed by atoms with van der Waals surface area (Å²) in [5, 5.41) is 67.6. The number of hydrogen-bond donors (Lipinski definition) is 30. The minimum Gasteiger partial charge on any atom is -0.478 e. The van der Waals surface area contributed by atoms with Crippen molar-refractivity contribution < 1.29 is 140 Å². The first-order valence-electron chi connectivity index (χ1n) is 38.4. The van der Waals surface area contributed by atoms with E-state index in [0.717, 1.165) is 13.0 Å². The van der Waals surface area contributed by atoms with Gasteiger partial charge in [-0.1, -0.05) is 0 Å². The Bertz CT molecular complexity index is 3980. The Hall–Kier alpha value is -14.1. The number of amides is 23. The number of carboxylic acids is 1. The molecule has 698 valence electrons. The van der Waals surface area contributed by atoms with E-state index in [9.17, 15) is 130 Å². The number of carbonyl (C=O) groups excluding carboxylic acids is 23. The van der Waals surface area contributed by atoms with Gasteiger partial charge in [0.15, 0.2) is 12.1 Å². The highest BCUT2D eigenvalue weighted by molar-refractivity contribution is 6.01. The number of aliphatic hydroxyl groups is 2. The lowest BCUT2D eigenvalue weighted by Gasteiger charge is -2.41. The summed E-state index contributed by atoms with van der Waals surface area (Å²) in [4.78, 5) is 312. The van der Waals surface area contributed by atoms with Crippen LogP contribution in [0.25, 0.3) is 0 Å². The molecule has 16 atom stereocenters. The summed E-state index contributed by atoms with van der Waals surface area (Å²) >= 11 is 0. The Labute approximate surface area is 711 Å². The van der Waals surface area contributed by atoms with Gasteiger partial charge in [0.2, 0.25) is 142 Å². The van der Waals surface area contributed by atoms with E-state index in [1.165, 1.54) is 0 Å². The Morgan fingerprint density at radius 3 is 0.856 bits per heavy atom. The predicted octanol–water partition coefficient (Wildman–Crippen LogP) is -17.3. The van der Waals surface area contributed by atoms with Crippen molar-refractivity contribution in [1.82, 2.24) is 69.1 Å². The van der Waals surface area contributed by atoms with Crippen LogP contribution in [0.5, 0.6) is 0 Å². The van der Waals surface area contributed by atoms with Gasteiger partial charge in [-0.3, -0.25) is 116 Å². The first-order chi connectivity index (χ1) is 58.3. The molecule has 1 aliphatic heterocycles. The smallest absolute Gasteiger partial charge is 0.370 e. The summed E-state index contributed by atoms with van der Waals surface area (Å²) < 4.78 is 11.3. The molecular weight excluding hydrogens is 1670 g/mol. The highest BCUT2D eigenvalue weighted by atomic mass is 16.6. The van der Waals surface area contributed by atoms with Crippen molar-refractivity contribution in [2.45, 2.75) is 245 Å². The second kappa shape index (κ2) is 55.8. The number of ether oxygens (including phenoxy) is 2. The fraction of sp³-hybridized carbons (Fsp3) is 0.609. The van der Waals surface area contributed by atoms with Gasteiger partial charge in [0.25, 0.3) is 0 Å². The van der Waals surface area contributed by atoms with Gasteiger partial charge in [0.1, 0.15) is 72.6 Å². The van der Waals surface area contributed by atoms with Crippen LogP contribution in [0.4, 0.5) is 0 Å². The van der Waals surface area contributed by atoms with E-state index in [-0.39, 0.29) is 6.54 Å². The van der Waals surface area contributed by atoms with Gasteiger partial charge in [-0.2, -0.15) is 0 Å². The van der Waals surface area contributed by atoms with E-state index in [4.69, 9.17) is 89.4 Å². The van der Waals surface area contributed by atoms with Gasteiger partial charge < -0.3 is 168 Å². The molecule has 0 aromatic heterocycles. The number of carbonyl (C=O) groups is 24. The van der Waals surface area contributed by atoms with Crippen LogP contribution in [0.1, 0.15) is 148 Å². The Kier molecular flexibility index (Phi) is 48.6. The molecule has 0 aromatic rings. The van der Waals surface area contributed by atoms with E-state index in [1.807, 2.05) is 0 Å². The van der Waals surface area contributed by atoms with Gasteiger partial charge in [-0.05, 0) is 76.7 Å². The monoisotopic (exact) mass is 1780 g/mol. The molecule has 0 radical (unpaired) electrons. The third kappa shape index (κ3) is 44.3. The maximum Gasteiger partial charge on any atom is 0.370 e. The Morgan fingerprint density at radius 1 is 0.384 bits per heavy atom. The molecule has 0 aliphatic carbocycles. The molecule has 0 unspecified atom stereocenters. The zero-order valence-electron chi connectivity index (χ0n) is 68.0. The molecule has 0 saturated carbocycles. The van der Waals surface area contributed by atoms with Crippen LogP contribution in [-0.2, 0) is 125 Å². The summed E-state index contributed by atoms with van der Waals surface area (Å²) in [5.41, 5.74) is 70.5. The average molecular weight is 1780 g/mol. The topological polar surface area (TPSA) is 1010 Å². The van der Waals surface area contributed by atoms with E-state index in [0.29, 0.717) is 0 Å². The first kappa shape index (κ1) is 109. The van der Waals surface area contributed by atoms with Crippen molar-refractivity contribution >= 4 is 148 Å². The molecule has 0 saturated heterocycles. The molecule has 1 aliphatic rings. The average Bonchev–Trinajstić information content (AvgIpc) is 0.789. The van der Waals surface area contributed by atoms with Crippen molar-refractivity contribution in [2.75, 3.05) is 19.8 Å². The largest absolute Gasteiger partial charge is 0.478 e. The third-order valence-corrected chi connectivity index (χ3v) is 18.0. The van der Waals surface area contributed by atoms with Gasteiger partial charge in [-0.25, -0.2) is 4.79 Å². The molecule has 56 heteroatoms. The van der Waals surface area contributed by atoms with Crippen LogP contribution >= 0.6 is 0 Å². The summed E-state index contributed by atoms with van der Waals surface area (Å²) in [7, 11) is 0. The molecular formula is C69H113N27O29. The number of rotatable bonds is 64. The van der Waals surface area contributed by atoms with Gasteiger partial charge in [0.05, 0.1) is 31.3 Å². The standard InChI is InChI=1S/C69H113N27O29/c1-28(98)85-54-40(96-69(82)83)26-42(68(122)123)125-56(54)55(41(99)27-97)124-25-24-84-53(110)23-2-29(70)58(112)87-31(4-14-44(72)101)60(114)89-33(6-16-46(74)103)62(116)91-35(8-18-48(76)105)64(118)93-37(10-20-50(78)107)66(120)95-39(12-22-52(80)109)67(121)94-38(11-21-51(79)108)65(119)92-36(9-19-49(77)106)63(117)90-34(7-17-47(75)104)61(115)88-32(5-15-45(73)102)59(113)86-30(57(81)111)3-13-43(71)100/h26,29-41,54-56,97,99H,2-25,27,70H2,1H3,(H2,71,100)(H2,72,101)(H2,73,102)(H2,74,103)(H2,75,104)(H2,76,105)(H2,77,106)(H2,78,107)(H2,79,108)(H2,80,109)(H2,81,111)(H,84,110)(H,85,98)(H,86,113)(H,87,112)(H,88,115)(H,89,114)(H,90,117)(H,91,116)(H,92,119)(H,93,118)(H,94,121)(H,95,120)(H,122,123)(H4,82,83,96)/t29-,30-,31-,32-,33-,34-,35-,36-,37-,38-,39-,40-,41+,54+,55+,56+/m0/s1. The molecule has 0 aromatic carbocycles. The maximum absolute atomic E-state index is 14.5. The molecule has 1 heterocycles. The van der Waals surface area contributed by atoms with E-state index in [1.54, 1.807) is 0 Å². The quantitative estimate of drug-likeness (QED) is 0.0153. The second-order valence-electron chi connectivity index (χ2n) is 28.4. The SMILES string of the molecule is CC(=O)N[C@H]1[C@H]([C@H](OCCNC(=O)CC[C@H](N)C(=O)N[C@@H](CCC(N)=O)C(=O)N[C@@H](CCC(N)=O)C(=O)N[C@@H](CCC(N)=O)C(=O)N[C@@H](CCC(N)=O)C(=O)N[C@@H](CCC(N)=O)C(=O)N[C@@H](CCC(N)=O)C(=O)N[C@@H](CCC(N)=O)C(=O)N[C@@H](CCC(N)=O)C(=O)N[C@@H](CCC(N)=O)C(=O)N[C@@H](CCC(N)=O)C(N)=O)[C@H](O)CO)OC(C(=O)O)=C[C@@H]1NC(=N)N. The summed E-state index contributed by atoms with van der Waals surface area (Å²) in [5.74, 6) is -29.6. The van der Waals surface area contributed by atoms with Crippen LogP contribution in [0.15, 0.2) is 11.8 Å². The molecule has 0 fully saturated rings. The van der Waals surface area contributed by atoms with E-state index >= 15 is 0 Å². The molecule has 0 spiro atoms. The molecule has 1 rings (SSSR count). The third-order valence-electron chi connectivity index (χ3n) is 18.0. The Balaban J connectivity index is 3.70. The summed E-state index contributed by atoms with van der Waals surface area (Å²) in [6, 6.07) is -23.4. The zero-order valence-corrected chi connectivity index (χ0v) is 68.0. The van der Waals surface area contributed by atoms with E-state index < -0.39 is 405 Å². The van der Waals surface area contributed by atoms with Gasteiger partial charge in [0, 0.05) is 84.1 Å². The van der Waals surface area contributed by atoms with E-state index in [2.05, 4.69) is 69.1 Å². The van der Waals surface area contributed by atoms with Crippen LogP contribution in [0, 0.1) is 5.41 Å². The van der Waals surface area contributed by atoms with Gasteiger partial charge in [-0.15, -0.1) is 0 Å². The molecule has 56 nitrogen and oxygen atoms in total. The Morgan fingerprint density at radius 2 is 0.632 bits per heavy atom. The van der Waals surface area contributed by atoms with Crippen LogP contribution in [0.3, 0.4) is 0 Å². The highest BCUT2D eigenvalue weighted by Gasteiger charge is 2.46. The number of hydrogen-bond acceptors (Lipinski definition) is 30. The minimum atomic E-state index is -2.05. The van der Waals surface area contributed by atoms with Crippen LogP contribution in [0.2, 0.25) is 0 Å². The lowest BCUT2D eigenvalue weighted by atomic mass is 9.91. The van der Waals surface area contributed by atoms with Crippen molar-refractivity contribution in [3.8, 4) is 0 Å². The normalized spacial score (nSPS) is 16.4. The fourth-order valence-electron chi connectivity index (χ4n) is 11.6. The minimum absolute atomic E-state index is 0.380. The predicted molar refractivity (Wildman–Crippen MR) is 423 cm³/mol. The lowest BCUT2D eigenvalue weighted by molar-refractivity contribution is -0.154. The number of aliphatic carboxylic acids is 1. The van der Waals surface area contributed by atoms with Crippen LogP contribution < -0.4 is 144 Å². The first-order valence-corrected chi connectivity index (χ1v) is 38.4. The van der Waals surface area contributed by atoms with Crippen molar-refractivity contribution in [3.63, 3.8) is 0 Å². The molecule has 125 heavy (non-hydrogen) atoms. The molecule has 0 bridgehead atoms. The van der Waals surface area contributed by atoms with Crippen LogP contribution in [-0.4, -0.2) is 280 Å². The number of primary amides is 11. The second-order valence-corrected chi connectivity index (χ2v) is 28.4.